The van der Waals surface area contributed by atoms with Gasteiger partial charge in [0.15, 0.2) is 0 Å². The lowest BCUT2D eigenvalue weighted by molar-refractivity contribution is 0.356. The quantitative estimate of drug-likeness (QED) is 0.918. The number of ether oxygens (including phenoxy) is 2. The Morgan fingerprint density at radius 1 is 1.10 bits per heavy atom. The standard InChI is InChI=1S/C18H19NO2/c1-20-15-3-4-16-12(11-15)6-8-19-18(16)14-2-5-17-13(10-14)7-9-21-17/h2-5,10-11,18-19H,6-9H2,1H3. The average Bonchev–Trinajstić information content (AvgIpc) is 3.01. The van der Waals surface area contributed by atoms with Gasteiger partial charge in [0.2, 0.25) is 0 Å². The van der Waals surface area contributed by atoms with E-state index in [9.17, 15) is 0 Å². The van der Waals surface area contributed by atoms with E-state index in [0.29, 0.717) is 0 Å². The van der Waals surface area contributed by atoms with Crippen molar-refractivity contribution in [3.05, 3.63) is 58.7 Å². The summed E-state index contributed by atoms with van der Waals surface area (Å²) in [4.78, 5) is 0. The fourth-order valence-electron chi connectivity index (χ4n) is 3.35. The van der Waals surface area contributed by atoms with Gasteiger partial charge in [-0.05, 0) is 46.9 Å². The van der Waals surface area contributed by atoms with Gasteiger partial charge in [-0.1, -0.05) is 18.2 Å². The third kappa shape index (κ3) is 2.18. The van der Waals surface area contributed by atoms with Crippen LogP contribution >= 0.6 is 0 Å². The molecule has 2 heterocycles. The van der Waals surface area contributed by atoms with E-state index >= 15 is 0 Å². The molecule has 21 heavy (non-hydrogen) atoms. The fraction of sp³-hybridized carbons (Fsp3) is 0.333. The van der Waals surface area contributed by atoms with E-state index in [1.165, 1.54) is 22.3 Å². The highest BCUT2D eigenvalue weighted by Gasteiger charge is 2.23. The van der Waals surface area contributed by atoms with Crippen molar-refractivity contribution in [1.29, 1.82) is 0 Å². The molecule has 2 aliphatic heterocycles. The van der Waals surface area contributed by atoms with Crippen LogP contribution < -0.4 is 14.8 Å². The van der Waals surface area contributed by atoms with E-state index < -0.39 is 0 Å². The van der Waals surface area contributed by atoms with Crippen LogP contribution in [0.1, 0.15) is 28.3 Å². The summed E-state index contributed by atoms with van der Waals surface area (Å²) in [6.07, 6.45) is 2.07. The molecule has 0 amide bonds. The van der Waals surface area contributed by atoms with Crippen LogP contribution in [0.25, 0.3) is 0 Å². The van der Waals surface area contributed by atoms with Crippen LogP contribution in [0.5, 0.6) is 11.5 Å². The third-order valence-electron chi connectivity index (χ3n) is 4.45. The highest BCUT2D eigenvalue weighted by molar-refractivity contribution is 5.47. The van der Waals surface area contributed by atoms with Crippen molar-refractivity contribution in [2.75, 3.05) is 20.3 Å². The molecule has 0 spiro atoms. The molecule has 3 nitrogen and oxygen atoms in total. The van der Waals surface area contributed by atoms with Gasteiger partial charge in [0.25, 0.3) is 0 Å². The average molecular weight is 281 g/mol. The molecular formula is C18H19NO2. The van der Waals surface area contributed by atoms with Crippen molar-refractivity contribution in [2.45, 2.75) is 18.9 Å². The number of hydrogen-bond acceptors (Lipinski definition) is 3. The Kier molecular flexibility index (Phi) is 3.08. The predicted molar refractivity (Wildman–Crippen MR) is 82.2 cm³/mol. The summed E-state index contributed by atoms with van der Waals surface area (Å²) < 4.78 is 10.9. The minimum Gasteiger partial charge on any atom is -0.497 e. The molecule has 1 atom stereocenters. The van der Waals surface area contributed by atoms with E-state index in [-0.39, 0.29) is 6.04 Å². The molecule has 1 N–H and O–H groups in total. The summed E-state index contributed by atoms with van der Waals surface area (Å²) in [5, 5.41) is 3.64. The van der Waals surface area contributed by atoms with Crippen molar-refractivity contribution in [2.24, 2.45) is 0 Å². The molecule has 2 aliphatic rings. The molecule has 108 valence electrons. The first-order chi connectivity index (χ1) is 10.3. The second-order valence-corrected chi connectivity index (χ2v) is 5.67. The van der Waals surface area contributed by atoms with Gasteiger partial charge in [0, 0.05) is 13.0 Å². The summed E-state index contributed by atoms with van der Waals surface area (Å²) in [5.74, 6) is 1.99. The second kappa shape index (κ2) is 5.08. The smallest absolute Gasteiger partial charge is 0.122 e. The minimum absolute atomic E-state index is 0.269. The Morgan fingerprint density at radius 3 is 2.95 bits per heavy atom. The molecule has 0 saturated heterocycles. The van der Waals surface area contributed by atoms with Gasteiger partial charge in [0.1, 0.15) is 11.5 Å². The summed E-state index contributed by atoms with van der Waals surface area (Å²) >= 11 is 0. The van der Waals surface area contributed by atoms with Crippen molar-refractivity contribution in [1.82, 2.24) is 5.32 Å². The van der Waals surface area contributed by atoms with Crippen LogP contribution in [0.4, 0.5) is 0 Å². The van der Waals surface area contributed by atoms with E-state index in [1.54, 1.807) is 7.11 Å². The molecule has 0 aliphatic carbocycles. The van der Waals surface area contributed by atoms with Gasteiger partial charge in [-0.3, -0.25) is 0 Å². The second-order valence-electron chi connectivity index (χ2n) is 5.67. The maximum atomic E-state index is 5.60. The molecule has 2 aromatic rings. The van der Waals surface area contributed by atoms with E-state index in [2.05, 4.69) is 41.7 Å². The Balaban J connectivity index is 1.74. The number of benzene rings is 2. The van der Waals surface area contributed by atoms with Crippen molar-refractivity contribution < 1.29 is 9.47 Å². The third-order valence-corrected chi connectivity index (χ3v) is 4.45. The van der Waals surface area contributed by atoms with Crippen LogP contribution in [0.2, 0.25) is 0 Å². The minimum atomic E-state index is 0.269. The highest BCUT2D eigenvalue weighted by Crippen LogP contribution is 2.34. The number of rotatable bonds is 2. The molecule has 1 unspecified atom stereocenters. The van der Waals surface area contributed by atoms with Gasteiger partial charge in [-0.15, -0.1) is 0 Å². The maximum absolute atomic E-state index is 5.60. The summed E-state index contributed by atoms with van der Waals surface area (Å²) in [6, 6.07) is 13.3. The first-order valence-electron chi connectivity index (χ1n) is 7.51. The zero-order valence-electron chi connectivity index (χ0n) is 12.2. The van der Waals surface area contributed by atoms with E-state index in [1.807, 2.05) is 0 Å². The van der Waals surface area contributed by atoms with E-state index in [4.69, 9.17) is 9.47 Å². The van der Waals surface area contributed by atoms with Crippen LogP contribution in [0.3, 0.4) is 0 Å². The highest BCUT2D eigenvalue weighted by atomic mass is 16.5. The molecule has 0 aromatic heterocycles. The van der Waals surface area contributed by atoms with Crippen molar-refractivity contribution in [3.8, 4) is 11.5 Å². The van der Waals surface area contributed by atoms with Gasteiger partial charge in [-0.25, -0.2) is 0 Å². The van der Waals surface area contributed by atoms with Gasteiger partial charge in [-0.2, -0.15) is 0 Å². The Morgan fingerprint density at radius 2 is 2.05 bits per heavy atom. The monoisotopic (exact) mass is 281 g/mol. The number of hydrogen-bond donors (Lipinski definition) is 1. The fourth-order valence-corrected chi connectivity index (χ4v) is 3.35. The molecule has 0 bridgehead atoms. The molecule has 3 heteroatoms. The topological polar surface area (TPSA) is 30.5 Å². The molecule has 0 saturated carbocycles. The first-order valence-corrected chi connectivity index (χ1v) is 7.51. The van der Waals surface area contributed by atoms with Gasteiger partial charge in [0.05, 0.1) is 19.8 Å². The van der Waals surface area contributed by atoms with Crippen molar-refractivity contribution in [3.63, 3.8) is 0 Å². The molecule has 0 radical (unpaired) electrons. The lowest BCUT2D eigenvalue weighted by Crippen LogP contribution is -2.30. The van der Waals surface area contributed by atoms with Gasteiger partial charge < -0.3 is 14.8 Å². The predicted octanol–water partition coefficient (Wildman–Crippen LogP) is 2.87. The number of methoxy groups -OCH3 is 1. The maximum Gasteiger partial charge on any atom is 0.122 e. The summed E-state index contributed by atoms with van der Waals surface area (Å²) in [5.41, 5.74) is 5.40. The van der Waals surface area contributed by atoms with Crippen LogP contribution in [-0.4, -0.2) is 20.3 Å². The largest absolute Gasteiger partial charge is 0.497 e. The Hall–Kier alpha value is -2.00. The summed E-state index contributed by atoms with van der Waals surface area (Å²) in [6.45, 7) is 1.81. The zero-order chi connectivity index (χ0) is 14.2. The molecule has 2 aromatic carbocycles. The zero-order valence-corrected chi connectivity index (χ0v) is 12.2. The SMILES string of the molecule is COc1ccc2c(c1)CCNC2c1ccc2c(c1)CCO2. The first kappa shape index (κ1) is 12.7. The number of fused-ring (bicyclic) bond motifs is 2. The normalized spacial score (nSPS) is 19.6. The molecule has 4 rings (SSSR count). The lowest BCUT2D eigenvalue weighted by atomic mass is 9.89. The number of nitrogens with one attached hydrogen (secondary N) is 1. The van der Waals surface area contributed by atoms with Crippen LogP contribution in [-0.2, 0) is 12.8 Å². The van der Waals surface area contributed by atoms with Crippen molar-refractivity contribution >= 4 is 0 Å². The van der Waals surface area contributed by atoms with E-state index in [0.717, 1.165) is 37.5 Å². The van der Waals surface area contributed by atoms with Crippen LogP contribution in [0, 0.1) is 0 Å². The Labute approximate surface area is 124 Å². The molecule has 0 fully saturated rings. The van der Waals surface area contributed by atoms with Gasteiger partial charge >= 0.3 is 0 Å². The molecular weight excluding hydrogens is 262 g/mol. The lowest BCUT2D eigenvalue weighted by Gasteiger charge is -2.28. The Bertz CT molecular complexity index is 681. The summed E-state index contributed by atoms with van der Waals surface area (Å²) in [7, 11) is 1.72. The van der Waals surface area contributed by atoms with Crippen LogP contribution in [0.15, 0.2) is 36.4 Å².